The van der Waals surface area contributed by atoms with Crippen LogP contribution in [0.1, 0.15) is 22.4 Å². The van der Waals surface area contributed by atoms with Crippen LogP contribution in [0.2, 0.25) is 0 Å². The van der Waals surface area contributed by atoms with Gasteiger partial charge in [-0.1, -0.05) is 59.8 Å². The number of alkyl halides is 1. The van der Waals surface area contributed by atoms with E-state index in [0.29, 0.717) is 5.88 Å². The summed E-state index contributed by atoms with van der Waals surface area (Å²) in [6, 6.07) is 18.6. The van der Waals surface area contributed by atoms with E-state index in [1.165, 1.54) is 11.1 Å². The third-order valence-electron chi connectivity index (χ3n) is 3.86. The Bertz CT molecular complexity index is 732. The van der Waals surface area contributed by atoms with Crippen LogP contribution in [-0.4, -0.2) is 5.16 Å². The number of nitrogens with zero attached hydrogens (tertiary/aromatic N) is 1. The van der Waals surface area contributed by atoms with Crippen LogP contribution in [-0.2, 0) is 18.7 Å². The first-order chi connectivity index (χ1) is 10.8. The van der Waals surface area contributed by atoms with Crippen LogP contribution < -0.4 is 0 Å². The average molecular weight is 312 g/mol. The van der Waals surface area contributed by atoms with Crippen LogP contribution in [0.15, 0.2) is 59.1 Å². The highest BCUT2D eigenvalue weighted by molar-refractivity contribution is 6.17. The highest BCUT2D eigenvalue weighted by Crippen LogP contribution is 2.28. The lowest BCUT2D eigenvalue weighted by molar-refractivity contribution is 0.426. The Morgan fingerprint density at radius 1 is 0.909 bits per heavy atom. The molecule has 0 amide bonds. The van der Waals surface area contributed by atoms with Crippen molar-refractivity contribution < 1.29 is 4.52 Å². The van der Waals surface area contributed by atoms with Crippen molar-refractivity contribution in [3.63, 3.8) is 0 Å². The first kappa shape index (κ1) is 14.9. The van der Waals surface area contributed by atoms with Gasteiger partial charge in [0, 0.05) is 17.0 Å². The molecule has 0 atom stereocenters. The predicted octanol–water partition coefficient (Wildman–Crippen LogP) is 5.17. The zero-order valence-corrected chi connectivity index (χ0v) is 13.3. The Hall–Kier alpha value is -2.06. The standard InChI is InChI=1S/C19H18ClNO/c1-14-18(12-9-15-5-3-2-4-6-15)19(22-21-14)17-10-7-16(13-20)8-11-17/h2-8,10-11H,9,12-13H2,1H3. The third kappa shape index (κ3) is 3.23. The maximum atomic E-state index is 5.84. The Kier molecular flexibility index (Phi) is 4.59. The second-order valence-electron chi connectivity index (χ2n) is 5.39. The summed E-state index contributed by atoms with van der Waals surface area (Å²) in [6.07, 6.45) is 1.90. The molecular formula is C19H18ClNO. The molecule has 0 spiro atoms. The van der Waals surface area contributed by atoms with Gasteiger partial charge in [-0.2, -0.15) is 0 Å². The van der Waals surface area contributed by atoms with E-state index in [4.69, 9.17) is 16.1 Å². The summed E-state index contributed by atoms with van der Waals surface area (Å²) in [5.74, 6) is 1.39. The zero-order valence-electron chi connectivity index (χ0n) is 12.6. The third-order valence-corrected chi connectivity index (χ3v) is 4.17. The first-order valence-corrected chi connectivity index (χ1v) is 7.95. The molecule has 0 saturated carbocycles. The summed E-state index contributed by atoms with van der Waals surface area (Å²) in [6.45, 7) is 2.00. The Morgan fingerprint density at radius 2 is 1.64 bits per heavy atom. The summed E-state index contributed by atoms with van der Waals surface area (Å²) in [7, 11) is 0. The predicted molar refractivity (Wildman–Crippen MR) is 90.1 cm³/mol. The normalized spacial score (nSPS) is 10.8. The lowest BCUT2D eigenvalue weighted by Crippen LogP contribution is -1.94. The topological polar surface area (TPSA) is 26.0 Å². The molecule has 0 aliphatic carbocycles. The Morgan fingerprint density at radius 3 is 2.32 bits per heavy atom. The molecule has 22 heavy (non-hydrogen) atoms. The number of benzene rings is 2. The minimum Gasteiger partial charge on any atom is -0.356 e. The van der Waals surface area contributed by atoms with Crippen molar-refractivity contribution in [1.29, 1.82) is 0 Å². The molecule has 1 heterocycles. The van der Waals surface area contributed by atoms with E-state index >= 15 is 0 Å². The summed E-state index contributed by atoms with van der Waals surface area (Å²) in [5, 5.41) is 4.15. The van der Waals surface area contributed by atoms with Crippen molar-refractivity contribution in [2.24, 2.45) is 0 Å². The van der Waals surface area contributed by atoms with Crippen molar-refractivity contribution >= 4 is 11.6 Å². The molecule has 0 radical (unpaired) electrons. The fourth-order valence-electron chi connectivity index (χ4n) is 2.57. The van der Waals surface area contributed by atoms with Crippen molar-refractivity contribution in [2.45, 2.75) is 25.6 Å². The summed E-state index contributed by atoms with van der Waals surface area (Å²) in [4.78, 5) is 0. The molecule has 3 aromatic rings. The lowest BCUT2D eigenvalue weighted by atomic mass is 9.99. The number of hydrogen-bond acceptors (Lipinski definition) is 2. The van der Waals surface area contributed by atoms with Crippen molar-refractivity contribution in [3.8, 4) is 11.3 Å². The molecule has 0 fully saturated rings. The number of rotatable bonds is 5. The molecule has 0 bridgehead atoms. The zero-order chi connectivity index (χ0) is 15.4. The van der Waals surface area contributed by atoms with Gasteiger partial charge < -0.3 is 4.52 Å². The molecule has 3 heteroatoms. The van der Waals surface area contributed by atoms with Gasteiger partial charge in [-0.25, -0.2) is 0 Å². The van der Waals surface area contributed by atoms with Crippen molar-refractivity contribution in [1.82, 2.24) is 5.16 Å². The second kappa shape index (κ2) is 6.80. The van der Waals surface area contributed by atoms with E-state index < -0.39 is 0 Å². The Balaban J connectivity index is 1.83. The fourth-order valence-corrected chi connectivity index (χ4v) is 2.75. The molecule has 0 N–H and O–H groups in total. The van der Waals surface area contributed by atoms with Gasteiger partial charge in [0.2, 0.25) is 0 Å². The quantitative estimate of drug-likeness (QED) is 0.607. The van der Waals surface area contributed by atoms with Gasteiger partial charge in [0.1, 0.15) is 0 Å². The highest BCUT2D eigenvalue weighted by atomic mass is 35.5. The number of aromatic nitrogens is 1. The minimum atomic E-state index is 0.524. The van der Waals surface area contributed by atoms with Gasteiger partial charge in [-0.3, -0.25) is 0 Å². The average Bonchev–Trinajstić information content (AvgIpc) is 2.95. The molecule has 2 aromatic carbocycles. The van der Waals surface area contributed by atoms with Crippen molar-refractivity contribution in [2.75, 3.05) is 0 Å². The van der Waals surface area contributed by atoms with Crippen LogP contribution in [0.5, 0.6) is 0 Å². The maximum Gasteiger partial charge on any atom is 0.170 e. The molecule has 1 aromatic heterocycles. The molecule has 3 rings (SSSR count). The van der Waals surface area contributed by atoms with E-state index in [-0.39, 0.29) is 0 Å². The summed E-state index contributed by atoms with van der Waals surface area (Å²) >= 11 is 5.84. The maximum absolute atomic E-state index is 5.84. The number of aryl methyl sites for hydroxylation is 2. The van der Waals surface area contributed by atoms with Gasteiger partial charge in [0.15, 0.2) is 5.76 Å². The van der Waals surface area contributed by atoms with Gasteiger partial charge in [0.05, 0.1) is 5.69 Å². The minimum absolute atomic E-state index is 0.524. The smallest absolute Gasteiger partial charge is 0.170 e. The van der Waals surface area contributed by atoms with Gasteiger partial charge in [-0.15, -0.1) is 11.6 Å². The van der Waals surface area contributed by atoms with Crippen LogP contribution >= 0.6 is 11.6 Å². The molecule has 2 nitrogen and oxygen atoms in total. The van der Waals surface area contributed by atoms with Crippen LogP contribution in [0.3, 0.4) is 0 Å². The monoisotopic (exact) mass is 311 g/mol. The number of halogens is 1. The fraction of sp³-hybridized carbons (Fsp3) is 0.211. The van der Waals surface area contributed by atoms with Gasteiger partial charge >= 0.3 is 0 Å². The Labute approximate surface area is 135 Å². The molecule has 0 aliphatic heterocycles. The SMILES string of the molecule is Cc1noc(-c2ccc(CCl)cc2)c1CCc1ccccc1. The molecular weight excluding hydrogens is 294 g/mol. The summed E-state index contributed by atoms with van der Waals surface area (Å²) < 4.78 is 5.56. The van der Waals surface area contributed by atoms with Crippen LogP contribution in [0.25, 0.3) is 11.3 Å². The van der Waals surface area contributed by atoms with E-state index in [1.807, 2.05) is 37.3 Å². The first-order valence-electron chi connectivity index (χ1n) is 7.42. The van der Waals surface area contributed by atoms with Crippen LogP contribution in [0.4, 0.5) is 0 Å². The molecule has 0 unspecified atom stereocenters. The van der Waals surface area contributed by atoms with E-state index in [9.17, 15) is 0 Å². The summed E-state index contributed by atoms with van der Waals surface area (Å²) in [5.41, 5.74) is 5.63. The highest BCUT2D eigenvalue weighted by Gasteiger charge is 2.14. The molecule has 0 aliphatic rings. The largest absolute Gasteiger partial charge is 0.356 e. The van der Waals surface area contributed by atoms with Crippen molar-refractivity contribution in [3.05, 3.63) is 77.0 Å². The molecule has 0 saturated heterocycles. The van der Waals surface area contributed by atoms with Gasteiger partial charge in [0.25, 0.3) is 0 Å². The van der Waals surface area contributed by atoms with Gasteiger partial charge in [-0.05, 0) is 30.9 Å². The second-order valence-corrected chi connectivity index (χ2v) is 5.66. The van der Waals surface area contributed by atoms with E-state index in [2.05, 4.69) is 29.4 Å². The van der Waals surface area contributed by atoms with Crippen LogP contribution in [0, 0.1) is 6.92 Å². The van der Waals surface area contributed by atoms with E-state index in [1.54, 1.807) is 0 Å². The molecule has 112 valence electrons. The van der Waals surface area contributed by atoms with E-state index in [0.717, 1.165) is 35.4 Å². The number of hydrogen-bond donors (Lipinski definition) is 0. The lowest BCUT2D eigenvalue weighted by Gasteiger charge is -2.04.